The Labute approximate surface area is 133 Å². The quantitative estimate of drug-likeness (QED) is 0.888. The maximum absolute atomic E-state index is 11.9. The topological polar surface area (TPSA) is 66.8 Å². The van der Waals surface area contributed by atoms with Crippen molar-refractivity contribution in [1.29, 1.82) is 0 Å². The zero-order valence-electron chi connectivity index (χ0n) is 12.1. The van der Waals surface area contributed by atoms with Gasteiger partial charge in [-0.2, -0.15) is 0 Å². The number of aliphatic carboxylic acids is 1. The molecule has 116 valence electrons. The summed E-state index contributed by atoms with van der Waals surface area (Å²) in [6, 6.07) is 10.9. The van der Waals surface area contributed by atoms with E-state index in [2.05, 4.69) is 0 Å². The Morgan fingerprint density at radius 1 is 1.18 bits per heavy atom. The molecule has 1 amide bonds. The number of carbonyl (C=O) groups is 2. The highest BCUT2D eigenvalue weighted by Crippen LogP contribution is 2.31. The number of hydrogen-bond acceptors (Lipinski definition) is 3. The molecular weight excluding hydrogens is 306 g/mol. The fourth-order valence-electron chi connectivity index (χ4n) is 2.00. The van der Waals surface area contributed by atoms with Crippen LogP contribution in [-0.4, -0.2) is 42.1 Å². The van der Waals surface area contributed by atoms with Gasteiger partial charge < -0.3 is 14.7 Å². The number of amides is 1. The first kappa shape index (κ1) is 16.1. The Kier molecular flexibility index (Phi) is 5.22. The number of likely N-dealkylation sites (N-methyl/N-ethyl adjacent to an activating group) is 1. The fourth-order valence-corrected chi connectivity index (χ4v) is 2.23. The van der Waals surface area contributed by atoms with Gasteiger partial charge in [0.1, 0.15) is 5.75 Å². The van der Waals surface area contributed by atoms with Crippen LogP contribution in [0.2, 0.25) is 5.02 Å². The van der Waals surface area contributed by atoms with E-state index < -0.39 is 5.97 Å². The van der Waals surface area contributed by atoms with Gasteiger partial charge in [0.15, 0.2) is 6.61 Å². The maximum Gasteiger partial charge on any atom is 0.305 e. The minimum atomic E-state index is -0.940. The molecule has 0 saturated carbocycles. The molecule has 22 heavy (non-hydrogen) atoms. The molecule has 2 aromatic carbocycles. The molecule has 0 spiro atoms. The van der Waals surface area contributed by atoms with Crippen molar-refractivity contribution in [3.63, 3.8) is 0 Å². The smallest absolute Gasteiger partial charge is 0.305 e. The average molecular weight is 322 g/mol. The highest BCUT2D eigenvalue weighted by molar-refractivity contribution is 6.35. The third kappa shape index (κ3) is 3.89. The van der Waals surface area contributed by atoms with Gasteiger partial charge >= 0.3 is 5.97 Å². The average Bonchev–Trinajstić information content (AvgIpc) is 2.52. The van der Waals surface area contributed by atoms with Gasteiger partial charge in [-0.15, -0.1) is 0 Å². The minimum Gasteiger partial charge on any atom is -0.483 e. The molecule has 6 heteroatoms. The summed E-state index contributed by atoms with van der Waals surface area (Å²) in [4.78, 5) is 23.8. The lowest BCUT2D eigenvalue weighted by Gasteiger charge is -2.17. The molecule has 0 saturated heterocycles. The largest absolute Gasteiger partial charge is 0.483 e. The summed E-state index contributed by atoms with van der Waals surface area (Å²) in [5.74, 6) is -0.649. The third-order valence-electron chi connectivity index (χ3n) is 3.27. The lowest BCUT2D eigenvalue weighted by molar-refractivity contribution is -0.138. The first-order valence-corrected chi connectivity index (χ1v) is 7.12. The molecule has 0 atom stereocenters. The van der Waals surface area contributed by atoms with Crippen LogP contribution in [-0.2, 0) is 9.59 Å². The van der Waals surface area contributed by atoms with Crippen LogP contribution >= 0.6 is 11.6 Å². The number of fused-ring (bicyclic) bond motifs is 1. The molecule has 0 aliphatic rings. The van der Waals surface area contributed by atoms with Crippen molar-refractivity contribution in [2.45, 2.75) is 6.42 Å². The minimum absolute atomic E-state index is 0.0912. The van der Waals surface area contributed by atoms with E-state index in [0.717, 1.165) is 10.8 Å². The van der Waals surface area contributed by atoms with Gasteiger partial charge in [0.2, 0.25) is 0 Å². The van der Waals surface area contributed by atoms with E-state index >= 15 is 0 Å². The van der Waals surface area contributed by atoms with Crippen molar-refractivity contribution in [2.75, 3.05) is 20.2 Å². The van der Waals surface area contributed by atoms with Crippen molar-refractivity contribution in [3.8, 4) is 5.75 Å². The molecular formula is C16H16ClNO4. The fraction of sp³-hybridized carbons (Fsp3) is 0.250. The van der Waals surface area contributed by atoms with Crippen molar-refractivity contribution >= 4 is 34.2 Å². The van der Waals surface area contributed by atoms with Gasteiger partial charge in [-0.05, 0) is 12.1 Å². The summed E-state index contributed by atoms with van der Waals surface area (Å²) < 4.78 is 5.57. The van der Waals surface area contributed by atoms with Crippen LogP contribution < -0.4 is 4.74 Å². The Balaban J connectivity index is 2.04. The summed E-state index contributed by atoms with van der Waals surface area (Å²) in [6.07, 6.45) is -0.0912. The lowest BCUT2D eigenvalue weighted by Crippen LogP contribution is -2.33. The van der Waals surface area contributed by atoms with E-state index in [1.165, 1.54) is 4.90 Å². The number of benzene rings is 2. The van der Waals surface area contributed by atoms with Crippen molar-refractivity contribution in [1.82, 2.24) is 4.90 Å². The standard InChI is InChI=1S/C16H16ClNO4/c1-18(9-8-16(20)21)15(19)10-22-14-7-6-13(17)11-4-2-3-5-12(11)14/h2-7H,8-10H2,1H3,(H,20,21). The Morgan fingerprint density at radius 2 is 1.86 bits per heavy atom. The van der Waals surface area contributed by atoms with Gasteiger partial charge in [-0.25, -0.2) is 0 Å². The number of rotatable bonds is 6. The zero-order chi connectivity index (χ0) is 16.1. The molecule has 0 heterocycles. The van der Waals surface area contributed by atoms with Crippen LogP contribution in [0, 0.1) is 0 Å². The van der Waals surface area contributed by atoms with Crippen LogP contribution in [0.5, 0.6) is 5.75 Å². The number of ether oxygens (including phenoxy) is 1. The molecule has 5 nitrogen and oxygen atoms in total. The summed E-state index contributed by atoms with van der Waals surface area (Å²) in [6.45, 7) is 0.000633. The molecule has 0 aliphatic carbocycles. The van der Waals surface area contributed by atoms with Crippen molar-refractivity contribution in [2.24, 2.45) is 0 Å². The predicted molar refractivity (Wildman–Crippen MR) is 84.3 cm³/mol. The molecule has 0 aliphatic heterocycles. The second-order valence-electron chi connectivity index (χ2n) is 4.84. The molecule has 0 fully saturated rings. The van der Waals surface area contributed by atoms with E-state index in [1.54, 1.807) is 19.2 Å². The highest BCUT2D eigenvalue weighted by atomic mass is 35.5. The van der Waals surface area contributed by atoms with Crippen LogP contribution in [0.1, 0.15) is 6.42 Å². The first-order valence-electron chi connectivity index (χ1n) is 6.75. The number of carbonyl (C=O) groups excluding carboxylic acids is 1. The highest BCUT2D eigenvalue weighted by Gasteiger charge is 2.12. The zero-order valence-corrected chi connectivity index (χ0v) is 12.8. The predicted octanol–water partition coefficient (Wildman–Crippen LogP) is 2.81. The summed E-state index contributed by atoms with van der Waals surface area (Å²) in [5, 5.41) is 10.9. The molecule has 1 N–H and O–H groups in total. The van der Waals surface area contributed by atoms with Crippen molar-refractivity contribution < 1.29 is 19.4 Å². The normalized spacial score (nSPS) is 10.5. The van der Waals surface area contributed by atoms with E-state index in [4.69, 9.17) is 21.4 Å². The third-order valence-corrected chi connectivity index (χ3v) is 3.60. The molecule has 0 bridgehead atoms. The van der Waals surface area contributed by atoms with Crippen LogP contribution in [0.25, 0.3) is 10.8 Å². The second kappa shape index (κ2) is 7.13. The second-order valence-corrected chi connectivity index (χ2v) is 5.25. The lowest BCUT2D eigenvalue weighted by atomic mass is 10.1. The molecule has 2 rings (SSSR count). The number of hydrogen-bond donors (Lipinski definition) is 1. The Hall–Kier alpha value is -2.27. The Bertz CT molecular complexity index is 702. The van der Waals surface area contributed by atoms with E-state index in [9.17, 15) is 9.59 Å². The first-order chi connectivity index (χ1) is 10.5. The summed E-state index contributed by atoms with van der Waals surface area (Å²) in [5.41, 5.74) is 0. The van der Waals surface area contributed by atoms with Gasteiger partial charge in [0.05, 0.1) is 6.42 Å². The van der Waals surface area contributed by atoms with Crippen LogP contribution in [0.15, 0.2) is 36.4 Å². The van der Waals surface area contributed by atoms with Crippen molar-refractivity contribution in [3.05, 3.63) is 41.4 Å². The molecule has 0 radical (unpaired) electrons. The molecule has 0 aromatic heterocycles. The SMILES string of the molecule is CN(CCC(=O)O)C(=O)COc1ccc(Cl)c2ccccc12. The molecule has 2 aromatic rings. The number of halogens is 1. The number of carboxylic acid groups (broad SMARTS) is 1. The van der Waals surface area contributed by atoms with E-state index in [1.807, 2.05) is 24.3 Å². The summed E-state index contributed by atoms with van der Waals surface area (Å²) >= 11 is 6.13. The van der Waals surface area contributed by atoms with Gasteiger partial charge in [-0.3, -0.25) is 9.59 Å². The number of nitrogens with zero attached hydrogens (tertiary/aromatic N) is 1. The molecule has 0 unspecified atom stereocenters. The van der Waals surface area contributed by atoms with Gasteiger partial charge in [0.25, 0.3) is 5.91 Å². The van der Waals surface area contributed by atoms with Gasteiger partial charge in [-0.1, -0.05) is 35.9 Å². The van der Waals surface area contributed by atoms with Crippen LogP contribution in [0.4, 0.5) is 0 Å². The van der Waals surface area contributed by atoms with E-state index in [0.29, 0.717) is 10.8 Å². The maximum atomic E-state index is 11.9. The monoisotopic (exact) mass is 321 g/mol. The van der Waals surface area contributed by atoms with E-state index in [-0.39, 0.29) is 25.5 Å². The Morgan fingerprint density at radius 3 is 2.55 bits per heavy atom. The van der Waals surface area contributed by atoms with Crippen LogP contribution in [0.3, 0.4) is 0 Å². The summed E-state index contributed by atoms with van der Waals surface area (Å²) in [7, 11) is 1.55. The number of carboxylic acids is 1. The van der Waals surface area contributed by atoms with Gasteiger partial charge in [0, 0.05) is 29.4 Å².